The summed E-state index contributed by atoms with van der Waals surface area (Å²) < 4.78 is 18.6. The van der Waals surface area contributed by atoms with Crippen molar-refractivity contribution >= 4 is 5.69 Å². The number of benzene rings is 1. The smallest absolute Gasteiger partial charge is 0.311 e. The van der Waals surface area contributed by atoms with Crippen LogP contribution in [-0.4, -0.2) is 22.2 Å². The number of aliphatic hydroxyl groups is 1. The molecule has 1 fully saturated rings. The van der Waals surface area contributed by atoms with E-state index in [-0.39, 0.29) is 23.6 Å². The second-order valence-electron chi connectivity index (χ2n) is 4.42. The molecule has 0 aromatic heterocycles. The van der Waals surface area contributed by atoms with Crippen LogP contribution in [0.2, 0.25) is 0 Å². The van der Waals surface area contributed by atoms with E-state index in [9.17, 15) is 19.6 Å². The highest BCUT2D eigenvalue weighted by Crippen LogP contribution is 2.31. The molecule has 5 nitrogen and oxygen atoms in total. The van der Waals surface area contributed by atoms with Gasteiger partial charge in [0.25, 0.3) is 0 Å². The molecule has 0 bridgehead atoms. The van der Waals surface area contributed by atoms with E-state index in [1.165, 1.54) is 0 Å². The van der Waals surface area contributed by atoms with E-state index in [0.717, 1.165) is 18.2 Å². The van der Waals surface area contributed by atoms with Gasteiger partial charge in [-0.25, -0.2) is 4.39 Å². The second kappa shape index (κ2) is 5.30. The van der Waals surface area contributed by atoms with E-state index in [1.807, 2.05) is 0 Å². The van der Waals surface area contributed by atoms with Gasteiger partial charge in [-0.2, -0.15) is 0 Å². The molecule has 1 aromatic carbocycles. The van der Waals surface area contributed by atoms with Gasteiger partial charge in [0.2, 0.25) is 0 Å². The van der Waals surface area contributed by atoms with Gasteiger partial charge in [-0.3, -0.25) is 10.1 Å². The maximum Gasteiger partial charge on any atom is 0.311 e. The highest BCUT2D eigenvalue weighted by molar-refractivity contribution is 5.46. The molecule has 18 heavy (non-hydrogen) atoms. The van der Waals surface area contributed by atoms with Gasteiger partial charge in [0.15, 0.2) is 5.75 Å². The van der Waals surface area contributed by atoms with Gasteiger partial charge in [-0.05, 0) is 31.7 Å². The first-order valence-electron chi connectivity index (χ1n) is 5.85. The average Bonchev–Trinajstić information content (AvgIpc) is 2.32. The van der Waals surface area contributed by atoms with Crippen LogP contribution in [0, 0.1) is 15.9 Å². The third-order valence-electron chi connectivity index (χ3n) is 3.06. The zero-order chi connectivity index (χ0) is 13.1. The summed E-state index contributed by atoms with van der Waals surface area (Å²) in [4.78, 5) is 10.2. The Labute approximate surface area is 103 Å². The summed E-state index contributed by atoms with van der Waals surface area (Å²) >= 11 is 0. The summed E-state index contributed by atoms with van der Waals surface area (Å²) in [5.41, 5.74) is -0.234. The average molecular weight is 255 g/mol. The second-order valence-corrected chi connectivity index (χ2v) is 4.42. The third-order valence-corrected chi connectivity index (χ3v) is 3.06. The Morgan fingerprint density at radius 1 is 1.33 bits per heavy atom. The molecule has 6 heteroatoms. The van der Waals surface area contributed by atoms with Crippen molar-refractivity contribution in [2.45, 2.75) is 37.9 Å². The first-order valence-corrected chi connectivity index (χ1v) is 5.85. The van der Waals surface area contributed by atoms with Gasteiger partial charge >= 0.3 is 5.69 Å². The normalized spacial score (nSPS) is 23.7. The van der Waals surface area contributed by atoms with Crippen molar-refractivity contribution in [1.82, 2.24) is 0 Å². The Morgan fingerprint density at radius 3 is 2.61 bits per heavy atom. The Kier molecular flexibility index (Phi) is 3.76. The quantitative estimate of drug-likeness (QED) is 0.665. The first kappa shape index (κ1) is 12.8. The first-order chi connectivity index (χ1) is 8.56. The minimum atomic E-state index is -0.591. The topological polar surface area (TPSA) is 72.6 Å². The number of nitro benzene ring substituents is 1. The molecule has 0 heterocycles. The lowest BCUT2D eigenvalue weighted by atomic mass is 9.95. The number of hydrogen-bond acceptors (Lipinski definition) is 4. The number of nitrogens with zero attached hydrogens (tertiary/aromatic N) is 1. The number of nitro groups is 1. The molecular formula is C12H14FNO4. The number of rotatable bonds is 3. The van der Waals surface area contributed by atoms with Gasteiger partial charge in [0.1, 0.15) is 5.82 Å². The van der Waals surface area contributed by atoms with Crippen LogP contribution in [0.25, 0.3) is 0 Å². The van der Waals surface area contributed by atoms with Crippen molar-refractivity contribution in [3.63, 3.8) is 0 Å². The van der Waals surface area contributed by atoms with E-state index in [4.69, 9.17) is 4.74 Å². The van der Waals surface area contributed by atoms with Crippen LogP contribution < -0.4 is 4.74 Å². The molecule has 0 spiro atoms. The largest absolute Gasteiger partial charge is 0.483 e. The van der Waals surface area contributed by atoms with Crippen molar-refractivity contribution in [1.29, 1.82) is 0 Å². The molecular weight excluding hydrogens is 241 g/mol. The molecule has 1 aromatic rings. The van der Waals surface area contributed by atoms with Crippen molar-refractivity contribution in [2.24, 2.45) is 0 Å². The fourth-order valence-corrected chi connectivity index (χ4v) is 2.08. The van der Waals surface area contributed by atoms with Crippen molar-refractivity contribution in [3.8, 4) is 5.75 Å². The number of aliphatic hydroxyl groups excluding tert-OH is 1. The SMILES string of the molecule is O=[N+]([O-])c1ccc(F)cc1O[C@H]1CC[C@@H](O)CC1. The molecule has 1 N–H and O–H groups in total. The fourth-order valence-electron chi connectivity index (χ4n) is 2.08. The van der Waals surface area contributed by atoms with Crippen LogP contribution in [0.4, 0.5) is 10.1 Å². The van der Waals surface area contributed by atoms with E-state index >= 15 is 0 Å². The molecule has 0 unspecified atom stereocenters. The standard InChI is InChI=1S/C12H14FNO4/c13-8-1-6-11(14(16)17)12(7-8)18-10-4-2-9(15)3-5-10/h1,6-7,9-10,15H,2-5H2/t9-,10+. The lowest BCUT2D eigenvalue weighted by molar-refractivity contribution is -0.386. The lowest BCUT2D eigenvalue weighted by Crippen LogP contribution is -2.26. The van der Waals surface area contributed by atoms with Crippen LogP contribution in [0.1, 0.15) is 25.7 Å². The molecule has 98 valence electrons. The van der Waals surface area contributed by atoms with Crippen LogP contribution in [0.5, 0.6) is 5.75 Å². The van der Waals surface area contributed by atoms with Gasteiger partial charge in [-0.15, -0.1) is 0 Å². The summed E-state index contributed by atoms with van der Waals surface area (Å²) in [6.07, 6.45) is 1.92. The molecule has 0 atom stereocenters. The van der Waals surface area contributed by atoms with Gasteiger partial charge < -0.3 is 9.84 Å². The summed E-state index contributed by atoms with van der Waals surface area (Å²) in [5.74, 6) is -0.604. The number of hydrogen-bond donors (Lipinski definition) is 1. The molecule has 2 rings (SSSR count). The predicted octanol–water partition coefficient (Wildman–Crippen LogP) is 2.42. The van der Waals surface area contributed by atoms with Crippen LogP contribution in [-0.2, 0) is 0 Å². The highest BCUT2D eigenvalue weighted by atomic mass is 19.1. The van der Waals surface area contributed by atoms with Crippen molar-refractivity contribution in [2.75, 3.05) is 0 Å². The molecule has 0 amide bonds. The van der Waals surface area contributed by atoms with Crippen LogP contribution in [0.3, 0.4) is 0 Å². The number of ether oxygens (including phenoxy) is 1. The molecule has 0 radical (unpaired) electrons. The zero-order valence-corrected chi connectivity index (χ0v) is 9.71. The van der Waals surface area contributed by atoms with E-state index in [1.54, 1.807) is 0 Å². The minimum Gasteiger partial charge on any atom is -0.483 e. The zero-order valence-electron chi connectivity index (χ0n) is 9.71. The van der Waals surface area contributed by atoms with Crippen LogP contribution >= 0.6 is 0 Å². The maximum absolute atomic E-state index is 13.1. The lowest BCUT2D eigenvalue weighted by Gasteiger charge is -2.25. The van der Waals surface area contributed by atoms with Crippen molar-refractivity contribution in [3.05, 3.63) is 34.1 Å². The molecule has 0 saturated heterocycles. The maximum atomic E-state index is 13.1. The fraction of sp³-hybridized carbons (Fsp3) is 0.500. The van der Waals surface area contributed by atoms with E-state index in [0.29, 0.717) is 25.7 Å². The van der Waals surface area contributed by atoms with Gasteiger partial charge in [0, 0.05) is 12.1 Å². The summed E-state index contributed by atoms with van der Waals surface area (Å²) in [7, 11) is 0. The Balaban J connectivity index is 2.12. The number of halogens is 1. The monoisotopic (exact) mass is 255 g/mol. The molecule has 0 aliphatic heterocycles. The molecule has 1 saturated carbocycles. The Morgan fingerprint density at radius 2 is 2.00 bits per heavy atom. The van der Waals surface area contributed by atoms with E-state index in [2.05, 4.69) is 0 Å². The highest BCUT2D eigenvalue weighted by Gasteiger charge is 2.24. The van der Waals surface area contributed by atoms with Gasteiger partial charge in [-0.1, -0.05) is 0 Å². The summed E-state index contributed by atoms with van der Waals surface area (Å²) in [6.45, 7) is 0. The Bertz CT molecular complexity index is 444. The predicted molar refractivity (Wildman–Crippen MR) is 61.9 cm³/mol. The molecule has 1 aliphatic rings. The minimum absolute atomic E-state index is 0.0404. The van der Waals surface area contributed by atoms with Gasteiger partial charge in [0.05, 0.1) is 17.1 Å². The summed E-state index contributed by atoms with van der Waals surface area (Å²) in [5, 5.41) is 20.1. The summed E-state index contributed by atoms with van der Waals surface area (Å²) in [6, 6.07) is 3.17. The van der Waals surface area contributed by atoms with Crippen LogP contribution in [0.15, 0.2) is 18.2 Å². The molecule has 1 aliphatic carbocycles. The Hall–Kier alpha value is -1.69. The third kappa shape index (κ3) is 2.95. The van der Waals surface area contributed by atoms with E-state index < -0.39 is 10.7 Å². The van der Waals surface area contributed by atoms with Crippen molar-refractivity contribution < 1.29 is 19.2 Å².